The second-order valence-electron chi connectivity index (χ2n) is 11.8. The van der Waals surface area contributed by atoms with Crippen LogP contribution in [-0.4, -0.2) is 102 Å². The molecule has 6 nitrogen and oxygen atoms in total. The minimum absolute atomic E-state index is 0.160. The van der Waals surface area contributed by atoms with E-state index in [2.05, 4.69) is 69.3 Å². The molecule has 222 valence electrons. The van der Waals surface area contributed by atoms with Gasteiger partial charge in [-0.2, -0.15) is 0 Å². The van der Waals surface area contributed by atoms with Crippen molar-refractivity contribution in [3.05, 3.63) is 71.8 Å². The van der Waals surface area contributed by atoms with Crippen molar-refractivity contribution in [2.24, 2.45) is 5.92 Å². The van der Waals surface area contributed by atoms with Crippen LogP contribution < -0.4 is 0 Å². The molecule has 4 rings (SSSR count). The molecule has 2 aromatic rings. The Balaban J connectivity index is 0.000000267. The molecule has 0 N–H and O–H groups in total. The van der Waals surface area contributed by atoms with Crippen LogP contribution in [0, 0.1) is 5.92 Å². The van der Waals surface area contributed by atoms with Gasteiger partial charge in [0.2, 0.25) is 0 Å². The SMILES string of the molecule is CC(C)(C)OC(=O)N1CC[C@H](CN2CCN(Cc3ccccc3)CC2)C1.ClCCN(CCCl)Cc1ccccc1. The zero-order valence-electron chi connectivity index (χ0n) is 24.6. The highest BCUT2D eigenvalue weighted by Gasteiger charge is 2.31. The summed E-state index contributed by atoms with van der Waals surface area (Å²) in [5, 5.41) is 0. The molecular weight excluding hydrogens is 543 g/mol. The molecule has 2 aliphatic rings. The van der Waals surface area contributed by atoms with Crippen LogP contribution in [0.4, 0.5) is 4.79 Å². The van der Waals surface area contributed by atoms with Crippen LogP contribution in [0.1, 0.15) is 38.3 Å². The van der Waals surface area contributed by atoms with Crippen LogP contribution in [-0.2, 0) is 17.8 Å². The molecule has 0 aliphatic carbocycles. The van der Waals surface area contributed by atoms with E-state index in [1.165, 1.54) is 11.1 Å². The summed E-state index contributed by atoms with van der Waals surface area (Å²) >= 11 is 11.4. The van der Waals surface area contributed by atoms with Crippen LogP contribution in [0.5, 0.6) is 0 Å². The van der Waals surface area contributed by atoms with Gasteiger partial charge in [0, 0.05) is 83.8 Å². The highest BCUT2D eigenvalue weighted by molar-refractivity contribution is 6.18. The molecule has 2 heterocycles. The van der Waals surface area contributed by atoms with Gasteiger partial charge >= 0.3 is 6.09 Å². The van der Waals surface area contributed by atoms with Crippen molar-refractivity contribution in [1.82, 2.24) is 19.6 Å². The third kappa shape index (κ3) is 12.4. The summed E-state index contributed by atoms with van der Waals surface area (Å²) in [4.78, 5) is 21.4. The van der Waals surface area contributed by atoms with E-state index in [4.69, 9.17) is 27.9 Å². The van der Waals surface area contributed by atoms with E-state index >= 15 is 0 Å². The predicted molar refractivity (Wildman–Crippen MR) is 167 cm³/mol. The summed E-state index contributed by atoms with van der Waals surface area (Å²) in [7, 11) is 0. The second-order valence-corrected chi connectivity index (χ2v) is 12.5. The number of hydrogen-bond donors (Lipinski definition) is 0. The van der Waals surface area contributed by atoms with Gasteiger partial charge in [0.15, 0.2) is 0 Å². The normalized spacial score (nSPS) is 18.4. The number of likely N-dealkylation sites (tertiary alicyclic amines) is 1. The molecule has 2 aromatic carbocycles. The van der Waals surface area contributed by atoms with Gasteiger partial charge in [-0.25, -0.2) is 4.79 Å². The Bertz CT molecular complexity index is 960. The molecule has 2 saturated heterocycles. The van der Waals surface area contributed by atoms with Crippen molar-refractivity contribution in [3.63, 3.8) is 0 Å². The smallest absolute Gasteiger partial charge is 0.410 e. The Kier molecular flexibility index (Phi) is 14.1. The Morgan fingerprint density at radius 1 is 0.850 bits per heavy atom. The molecule has 1 atom stereocenters. The summed E-state index contributed by atoms with van der Waals surface area (Å²) in [5.41, 5.74) is 2.29. The lowest BCUT2D eigenvalue weighted by Gasteiger charge is -2.36. The lowest BCUT2D eigenvalue weighted by molar-refractivity contribution is 0.0282. The maximum Gasteiger partial charge on any atom is 0.410 e. The van der Waals surface area contributed by atoms with E-state index in [-0.39, 0.29) is 6.09 Å². The molecular formula is C32H48Cl2N4O2. The molecule has 1 amide bonds. The third-order valence-corrected chi connectivity index (χ3v) is 7.56. The van der Waals surface area contributed by atoms with Gasteiger partial charge < -0.3 is 14.5 Å². The zero-order valence-corrected chi connectivity index (χ0v) is 26.1. The summed E-state index contributed by atoms with van der Waals surface area (Å²) < 4.78 is 5.50. The lowest BCUT2D eigenvalue weighted by atomic mass is 10.1. The van der Waals surface area contributed by atoms with Gasteiger partial charge in [-0.15, -0.1) is 23.2 Å². The van der Waals surface area contributed by atoms with Crippen molar-refractivity contribution in [1.29, 1.82) is 0 Å². The molecule has 0 aromatic heterocycles. The maximum atomic E-state index is 12.2. The molecule has 0 bridgehead atoms. The fourth-order valence-corrected chi connectivity index (χ4v) is 5.64. The lowest BCUT2D eigenvalue weighted by Crippen LogP contribution is -2.47. The third-order valence-electron chi connectivity index (χ3n) is 7.22. The number of piperazine rings is 1. The summed E-state index contributed by atoms with van der Waals surface area (Å²) in [6.07, 6.45) is 0.927. The molecule has 40 heavy (non-hydrogen) atoms. The Morgan fingerprint density at radius 2 is 1.40 bits per heavy atom. The number of hydrogen-bond acceptors (Lipinski definition) is 5. The van der Waals surface area contributed by atoms with E-state index in [0.717, 1.165) is 78.4 Å². The first-order chi connectivity index (χ1) is 19.3. The Hall–Kier alpha value is -1.83. The highest BCUT2D eigenvalue weighted by Crippen LogP contribution is 2.21. The molecule has 2 fully saturated rings. The molecule has 0 spiro atoms. The average Bonchev–Trinajstić information content (AvgIpc) is 3.40. The van der Waals surface area contributed by atoms with Crippen molar-refractivity contribution in [2.75, 3.05) is 70.7 Å². The topological polar surface area (TPSA) is 39.3 Å². The van der Waals surface area contributed by atoms with Gasteiger partial charge in [0.25, 0.3) is 0 Å². The van der Waals surface area contributed by atoms with Gasteiger partial charge in [-0.3, -0.25) is 9.80 Å². The number of amides is 1. The molecule has 2 aliphatic heterocycles. The number of benzene rings is 2. The number of carbonyl (C=O) groups is 1. The Labute approximate surface area is 252 Å². The standard InChI is InChI=1S/C21H33N3O2.C11H15Cl2N/c1-21(2,3)26-20(25)24-10-9-19(17-24)16-23-13-11-22(12-14-23)15-18-7-5-4-6-8-18;12-6-8-14(9-7-13)10-11-4-2-1-3-5-11/h4-8,19H,9-17H2,1-3H3;1-5H,6-10H2/t19-;/m1./s1. The second kappa shape index (κ2) is 17.2. The fraction of sp³-hybridized carbons (Fsp3) is 0.594. The van der Waals surface area contributed by atoms with Crippen LogP contribution in [0.2, 0.25) is 0 Å². The predicted octanol–water partition coefficient (Wildman–Crippen LogP) is 6.03. The van der Waals surface area contributed by atoms with Crippen LogP contribution >= 0.6 is 23.2 Å². The van der Waals surface area contributed by atoms with Gasteiger partial charge in [-0.05, 0) is 44.2 Å². The van der Waals surface area contributed by atoms with Crippen molar-refractivity contribution in [3.8, 4) is 0 Å². The average molecular weight is 592 g/mol. The monoisotopic (exact) mass is 590 g/mol. The first-order valence-corrected chi connectivity index (χ1v) is 15.7. The van der Waals surface area contributed by atoms with Crippen molar-refractivity contribution < 1.29 is 9.53 Å². The first kappa shape index (κ1) is 32.7. The van der Waals surface area contributed by atoms with Crippen molar-refractivity contribution in [2.45, 2.75) is 45.9 Å². The van der Waals surface area contributed by atoms with Gasteiger partial charge in [-0.1, -0.05) is 60.7 Å². The summed E-state index contributed by atoms with van der Waals surface area (Å²) in [6, 6.07) is 21.1. The quantitative estimate of drug-likeness (QED) is 0.316. The number of rotatable bonds is 10. The van der Waals surface area contributed by atoms with Gasteiger partial charge in [0.05, 0.1) is 0 Å². The first-order valence-electron chi connectivity index (χ1n) is 14.6. The van der Waals surface area contributed by atoms with E-state index in [0.29, 0.717) is 17.7 Å². The largest absolute Gasteiger partial charge is 0.444 e. The zero-order chi connectivity index (χ0) is 28.8. The fourth-order valence-electron chi connectivity index (χ4n) is 5.16. The highest BCUT2D eigenvalue weighted by atomic mass is 35.5. The molecule has 0 saturated carbocycles. The summed E-state index contributed by atoms with van der Waals surface area (Å²) in [5.74, 6) is 1.89. The van der Waals surface area contributed by atoms with Crippen LogP contribution in [0.15, 0.2) is 60.7 Å². The number of nitrogens with zero attached hydrogens (tertiary/aromatic N) is 4. The molecule has 0 unspecified atom stereocenters. The maximum absolute atomic E-state index is 12.2. The number of ether oxygens (including phenoxy) is 1. The number of halogens is 2. The molecule has 0 radical (unpaired) electrons. The van der Waals surface area contributed by atoms with E-state index in [1.54, 1.807) is 0 Å². The van der Waals surface area contributed by atoms with Crippen LogP contribution in [0.25, 0.3) is 0 Å². The van der Waals surface area contributed by atoms with E-state index < -0.39 is 5.60 Å². The van der Waals surface area contributed by atoms with E-state index in [1.807, 2.05) is 31.7 Å². The number of carbonyl (C=O) groups excluding carboxylic acids is 1. The van der Waals surface area contributed by atoms with Crippen LogP contribution in [0.3, 0.4) is 0 Å². The minimum atomic E-state index is -0.412. The number of alkyl halides is 2. The Morgan fingerprint density at radius 3 is 1.95 bits per heavy atom. The summed E-state index contributed by atoms with van der Waals surface area (Å²) in [6.45, 7) is 16.8. The van der Waals surface area contributed by atoms with Gasteiger partial charge in [0.1, 0.15) is 5.60 Å². The molecule has 8 heteroatoms. The minimum Gasteiger partial charge on any atom is -0.444 e. The van der Waals surface area contributed by atoms with E-state index in [9.17, 15) is 4.79 Å². The van der Waals surface area contributed by atoms with Crippen molar-refractivity contribution >= 4 is 29.3 Å².